The number of furan rings is 1. The average Bonchev–Trinajstić information content (AvgIpc) is 3.57. The second-order valence-electron chi connectivity index (χ2n) is 12.1. The molecule has 0 aliphatic heterocycles. The van der Waals surface area contributed by atoms with Crippen molar-refractivity contribution in [3.8, 4) is 67.3 Å². The zero-order valence-electron chi connectivity index (χ0n) is 26.5. The number of benzene rings is 6. The molecule has 0 saturated carbocycles. The van der Waals surface area contributed by atoms with Crippen LogP contribution in [0, 0.1) is 0 Å². The third-order valence-electron chi connectivity index (χ3n) is 9.04. The molecule has 0 unspecified atom stereocenters. The van der Waals surface area contributed by atoms with Crippen LogP contribution >= 0.6 is 0 Å². The van der Waals surface area contributed by atoms with E-state index in [2.05, 4.69) is 145 Å². The number of aromatic nitrogens is 3. The summed E-state index contributed by atoms with van der Waals surface area (Å²) in [5.41, 5.74) is 13.4. The Bertz CT molecular complexity index is 2460. The van der Waals surface area contributed by atoms with E-state index in [1.165, 1.54) is 11.1 Å². The predicted octanol–water partition coefficient (Wildman–Crippen LogP) is 11.8. The average molecular weight is 628 g/mol. The minimum absolute atomic E-state index is 0.679. The van der Waals surface area contributed by atoms with Gasteiger partial charge in [-0.05, 0) is 63.7 Å². The van der Waals surface area contributed by atoms with E-state index in [0.717, 1.165) is 72.3 Å². The molecule has 6 aromatic carbocycles. The second-order valence-corrected chi connectivity index (χ2v) is 12.1. The van der Waals surface area contributed by atoms with Crippen LogP contribution in [0.3, 0.4) is 0 Å². The van der Waals surface area contributed by atoms with Gasteiger partial charge < -0.3 is 4.42 Å². The summed E-state index contributed by atoms with van der Waals surface area (Å²) in [6.07, 6.45) is 3.67. The van der Waals surface area contributed by atoms with Crippen molar-refractivity contribution in [1.29, 1.82) is 0 Å². The maximum Gasteiger partial charge on any atom is 0.160 e. The van der Waals surface area contributed by atoms with E-state index in [4.69, 9.17) is 14.4 Å². The number of para-hydroxylation sites is 1. The van der Waals surface area contributed by atoms with Gasteiger partial charge in [-0.2, -0.15) is 0 Å². The first-order valence-electron chi connectivity index (χ1n) is 16.3. The SMILES string of the molecule is c1ccc(-c2ccc(-c3cc(-c4ccc(-c5ccc6oc7ccccc7c6c5)cc4)nc(-c4ccc(-c5cccnc5)cc4)n3)cc2)cc1. The van der Waals surface area contributed by atoms with Crippen LogP contribution in [-0.4, -0.2) is 15.0 Å². The van der Waals surface area contributed by atoms with E-state index < -0.39 is 0 Å². The Kier molecular flexibility index (Phi) is 7.10. The summed E-state index contributed by atoms with van der Waals surface area (Å²) in [6, 6.07) is 56.7. The zero-order valence-corrected chi connectivity index (χ0v) is 26.5. The second kappa shape index (κ2) is 12.2. The van der Waals surface area contributed by atoms with Crippen molar-refractivity contribution >= 4 is 21.9 Å². The van der Waals surface area contributed by atoms with Crippen LogP contribution in [0.5, 0.6) is 0 Å². The van der Waals surface area contributed by atoms with Crippen molar-refractivity contribution in [2.45, 2.75) is 0 Å². The maximum absolute atomic E-state index is 6.06. The molecule has 9 aromatic rings. The van der Waals surface area contributed by atoms with Crippen LogP contribution in [0.1, 0.15) is 0 Å². The molecule has 3 aromatic heterocycles. The molecular formula is C45H29N3O. The lowest BCUT2D eigenvalue weighted by Gasteiger charge is -2.11. The molecule has 4 nitrogen and oxygen atoms in total. The molecule has 0 aliphatic carbocycles. The molecule has 0 N–H and O–H groups in total. The van der Waals surface area contributed by atoms with Gasteiger partial charge in [0.1, 0.15) is 11.2 Å². The van der Waals surface area contributed by atoms with Crippen molar-refractivity contribution in [1.82, 2.24) is 15.0 Å². The Morgan fingerprint density at radius 2 is 0.857 bits per heavy atom. The van der Waals surface area contributed by atoms with E-state index in [9.17, 15) is 0 Å². The summed E-state index contributed by atoms with van der Waals surface area (Å²) in [7, 11) is 0. The standard InChI is InChI=1S/C45H29N3O/c1-2-7-30(8-3-1)31-12-18-34(19-13-31)41-28-42(48-45(47-41)36-22-16-33(17-23-36)38-9-6-26-46-29-38)35-20-14-32(15-21-35)37-24-25-44-40(27-37)39-10-4-5-11-43(39)49-44/h1-29H. The highest BCUT2D eigenvalue weighted by Crippen LogP contribution is 2.34. The number of rotatable bonds is 6. The van der Waals surface area contributed by atoms with Gasteiger partial charge in [-0.1, -0.05) is 133 Å². The molecule has 3 heterocycles. The smallest absolute Gasteiger partial charge is 0.160 e. The molecule has 0 atom stereocenters. The summed E-state index contributed by atoms with van der Waals surface area (Å²) in [4.78, 5) is 14.5. The van der Waals surface area contributed by atoms with Crippen LogP contribution in [-0.2, 0) is 0 Å². The van der Waals surface area contributed by atoms with E-state index in [0.29, 0.717) is 5.82 Å². The fourth-order valence-electron chi connectivity index (χ4n) is 6.42. The molecule has 0 bridgehead atoms. The molecule has 49 heavy (non-hydrogen) atoms. The summed E-state index contributed by atoms with van der Waals surface area (Å²) < 4.78 is 6.06. The summed E-state index contributed by atoms with van der Waals surface area (Å²) in [6.45, 7) is 0. The number of fused-ring (bicyclic) bond motifs is 3. The number of hydrogen-bond donors (Lipinski definition) is 0. The van der Waals surface area contributed by atoms with Gasteiger partial charge in [0, 0.05) is 39.9 Å². The van der Waals surface area contributed by atoms with Gasteiger partial charge in [0.05, 0.1) is 11.4 Å². The van der Waals surface area contributed by atoms with Gasteiger partial charge in [0.25, 0.3) is 0 Å². The highest BCUT2D eigenvalue weighted by molar-refractivity contribution is 6.06. The zero-order chi connectivity index (χ0) is 32.6. The summed E-state index contributed by atoms with van der Waals surface area (Å²) in [5, 5.41) is 2.25. The molecule has 0 saturated heterocycles. The van der Waals surface area contributed by atoms with Crippen LogP contribution < -0.4 is 0 Å². The predicted molar refractivity (Wildman–Crippen MR) is 200 cm³/mol. The maximum atomic E-state index is 6.06. The van der Waals surface area contributed by atoms with Crippen molar-refractivity contribution in [3.05, 3.63) is 176 Å². The van der Waals surface area contributed by atoms with E-state index in [-0.39, 0.29) is 0 Å². The normalized spacial score (nSPS) is 11.3. The van der Waals surface area contributed by atoms with Gasteiger partial charge in [-0.15, -0.1) is 0 Å². The van der Waals surface area contributed by atoms with Crippen molar-refractivity contribution in [2.75, 3.05) is 0 Å². The van der Waals surface area contributed by atoms with Crippen LogP contribution in [0.4, 0.5) is 0 Å². The minimum Gasteiger partial charge on any atom is -0.456 e. The van der Waals surface area contributed by atoms with Crippen LogP contribution in [0.25, 0.3) is 89.2 Å². The molecule has 0 radical (unpaired) electrons. The van der Waals surface area contributed by atoms with Gasteiger partial charge >= 0.3 is 0 Å². The van der Waals surface area contributed by atoms with Gasteiger partial charge in [0.2, 0.25) is 0 Å². The highest BCUT2D eigenvalue weighted by Gasteiger charge is 2.13. The molecule has 4 heteroatoms. The fraction of sp³-hybridized carbons (Fsp3) is 0. The Labute approximate surface area is 284 Å². The first kappa shape index (κ1) is 28.6. The van der Waals surface area contributed by atoms with E-state index in [1.807, 2.05) is 30.5 Å². The third-order valence-corrected chi connectivity index (χ3v) is 9.04. The van der Waals surface area contributed by atoms with E-state index in [1.54, 1.807) is 6.20 Å². The first-order chi connectivity index (χ1) is 24.2. The van der Waals surface area contributed by atoms with Crippen molar-refractivity contribution < 1.29 is 4.42 Å². The molecule has 9 rings (SSSR count). The molecule has 0 spiro atoms. The largest absolute Gasteiger partial charge is 0.456 e. The quantitative estimate of drug-likeness (QED) is 0.184. The molecule has 0 aliphatic rings. The molecular weight excluding hydrogens is 599 g/mol. The topological polar surface area (TPSA) is 51.8 Å². The van der Waals surface area contributed by atoms with Crippen molar-refractivity contribution in [3.63, 3.8) is 0 Å². The number of hydrogen-bond acceptors (Lipinski definition) is 4. The molecule has 230 valence electrons. The number of nitrogens with zero attached hydrogens (tertiary/aromatic N) is 3. The Morgan fingerprint density at radius 3 is 1.53 bits per heavy atom. The Hall–Kier alpha value is -6.65. The van der Waals surface area contributed by atoms with Crippen LogP contribution in [0.2, 0.25) is 0 Å². The number of pyridine rings is 1. The Balaban J connectivity index is 1.10. The monoisotopic (exact) mass is 627 g/mol. The third kappa shape index (κ3) is 5.56. The first-order valence-corrected chi connectivity index (χ1v) is 16.3. The lowest BCUT2D eigenvalue weighted by Crippen LogP contribution is -1.96. The van der Waals surface area contributed by atoms with Gasteiger partial charge in [0.15, 0.2) is 5.82 Å². The molecule has 0 fully saturated rings. The Morgan fingerprint density at radius 1 is 0.347 bits per heavy atom. The van der Waals surface area contributed by atoms with Gasteiger partial charge in [-0.25, -0.2) is 9.97 Å². The van der Waals surface area contributed by atoms with Crippen LogP contribution in [0.15, 0.2) is 181 Å². The highest BCUT2D eigenvalue weighted by atomic mass is 16.3. The van der Waals surface area contributed by atoms with Crippen molar-refractivity contribution in [2.24, 2.45) is 0 Å². The minimum atomic E-state index is 0.679. The fourth-order valence-corrected chi connectivity index (χ4v) is 6.42. The lowest BCUT2D eigenvalue weighted by molar-refractivity contribution is 0.669. The van der Waals surface area contributed by atoms with E-state index >= 15 is 0 Å². The van der Waals surface area contributed by atoms with Gasteiger partial charge in [-0.3, -0.25) is 4.98 Å². The summed E-state index contributed by atoms with van der Waals surface area (Å²) in [5.74, 6) is 0.679. The lowest BCUT2D eigenvalue weighted by atomic mass is 9.99. The summed E-state index contributed by atoms with van der Waals surface area (Å²) >= 11 is 0. The molecule has 0 amide bonds.